The van der Waals surface area contributed by atoms with Gasteiger partial charge in [-0.25, -0.2) is 0 Å². The smallest absolute Gasteiger partial charge is 0.305 e. The van der Waals surface area contributed by atoms with E-state index in [1.807, 2.05) is 0 Å². The average Bonchev–Trinajstić information content (AvgIpc) is 2.41. The molecule has 0 aromatic rings. The third-order valence-corrected chi connectivity index (χ3v) is 3.17. The zero-order chi connectivity index (χ0) is 14.2. The summed E-state index contributed by atoms with van der Waals surface area (Å²) in [7, 11) is 0. The second-order valence-electron chi connectivity index (χ2n) is 5.14. The van der Waals surface area contributed by atoms with Crippen molar-refractivity contribution in [1.82, 2.24) is 0 Å². The van der Waals surface area contributed by atoms with Gasteiger partial charge in [0.2, 0.25) is 0 Å². The number of ether oxygens (including phenoxy) is 1. The van der Waals surface area contributed by atoms with Crippen molar-refractivity contribution < 1.29 is 9.53 Å². The van der Waals surface area contributed by atoms with Crippen molar-refractivity contribution >= 4 is 5.97 Å². The van der Waals surface area contributed by atoms with Crippen LogP contribution in [0.15, 0.2) is 12.2 Å². The molecular weight excluding hydrogens is 236 g/mol. The maximum absolute atomic E-state index is 11.4. The highest BCUT2D eigenvalue weighted by Gasteiger charge is 2.01. The number of unbranched alkanes of at least 4 members (excludes halogenated alkanes) is 7. The Balaban J connectivity index is 3.24. The van der Waals surface area contributed by atoms with Crippen molar-refractivity contribution in [2.24, 2.45) is 0 Å². The van der Waals surface area contributed by atoms with Gasteiger partial charge in [0.1, 0.15) is 0 Å². The number of hydrogen-bond acceptors (Lipinski definition) is 2. The van der Waals surface area contributed by atoms with E-state index in [-0.39, 0.29) is 5.97 Å². The molecule has 0 saturated heterocycles. The molecule has 0 heterocycles. The maximum Gasteiger partial charge on any atom is 0.305 e. The van der Waals surface area contributed by atoms with Crippen LogP contribution in [0.2, 0.25) is 0 Å². The molecule has 0 fully saturated rings. The molecule has 0 atom stereocenters. The van der Waals surface area contributed by atoms with Crippen LogP contribution in [-0.4, -0.2) is 12.6 Å². The highest BCUT2D eigenvalue weighted by atomic mass is 16.5. The summed E-state index contributed by atoms with van der Waals surface area (Å²) in [6, 6.07) is 0. The number of rotatable bonds is 13. The summed E-state index contributed by atoms with van der Waals surface area (Å²) >= 11 is 0. The topological polar surface area (TPSA) is 26.3 Å². The maximum atomic E-state index is 11.4. The molecule has 0 N–H and O–H groups in total. The molecule has 0 radical (unpaired) electrons. The minimum Gasteiger partial charge on any atom is -0.465 e. The molecule has 0 bridgehead atoms. The molecule has 0 aromatic heterocycles. The van der Waals surface area contributed by atoms with Gasteiger partial charge in [0.05, 0.1) is 6.61 Å². The molecule has 0 aromatic carbocycles. The summed E-state index contributed by atoms with van der Waals surface area (Å²) in [5.41, 5.74) is 0. The SMILES string of the molecule is CCCCCC=CCCOC(=O)CCCCCCC. The number of carbonyl (C=O) groups excluding carboxylic acids is 1. The van der Waals surface area contributed by atoms with Gasteiger partial charge in [0.25, 0.3) is 0 Å². The Bertz CT molecular complexity index is 221. The fourth-order valence-corrected chi connectivity index (χ4v) is 1.93. The second-order valence-corrected chi connectivity index (χ2v) is 5.14. The van der Waals surface area contributed by atoms with Crippen molar-refractivity contribution in [3.63, 3.8) is 0 Å². The quantitative estimate of drug-likeness (QED) is 0.253. The normalized spacial score (nSPS) is 11.1. The first-order chi connectivity index (χ1) is 9.31. The molecule has 0 amide bonds. The summed E-state index contributed by atoms with van der Waals surface area (Å²) in [6.07, 6.45) is 16.7. The average molecular weight is 268 g/mol. The standard InChI is InChI=1S/C17H32O2/c1-3-5-7-9-10-12-14-16-19-17(18)15-13-11-8-6-4-2/h10,12H,3-9,11,13-16H2,1-2H3. The van der Waals surface area contributed by atoms with E-state index < -0.39 is 0 Å². The minimum absolute atomic E-state index is 0.0316. The van der Waals surface area contributed by atoms with E-state index in [4.69, 9.17) is 4.74 Å². The summed E-state index contributed by atoms with van der Waals surface area (Å²) in [4.78, 5) is 11.4. The predicted molar refractivity (Wildman–Crippen MR) is 82.2 cm³/mol. The van der Waals surface area contributed by atoms with Crippen LogP contribution in [0.1, 0.15) is 84.5 Å². The van der Waals surface area contributed by atoms with Gasteiger partial charge in [0, 0.05) is 6.42 Å². The Morgan fingerprint density at radius 2 is 1.47 bits per heavy atom. The molecule has 0 spiro atoms. The van der Waals surface area contributed by atoms with Crippen molar-refractivity contribution in [2.45, 2.75) is 84.5 Å². The molecule has 0 unspecified atom stereocenters. The van der Waals surface area contributed by atoms with Crippen molar-refractivity contribution in [2.75, 3.05) is 6.61 Å². The molecule has 2 heteroatoms. The molecule has 2 nitrogen and oxygen atoms in total. The van der Waals surface area contributed by atoms with Gasteiger partial charge in [-0.2, -0.15) is 0 Å². The minimum atomic E-state index is -0.0316. The Hall–Kier alpha value is -0.790. The lowest BCUT2D eigenvalue weighted by Gasteiger charge is -2.03. The monoisotopic (exact) mass is 268 g/mol. The van der Waals surface area contributed by atoms with E-state index in [9.17, 15) is 4.79 Å². The van der Waals surface area contributed by atoms with Gasteiger partial charge >= 0.3 is 5.97 Å². The van der Waals surface area contributed by atoms with E-state index >= 15 is 0 Å². The van der Waals surface area contributed by atoms with E-state index in [1.165, 1.54) is 38.5 Å². The van der Waals surface area contributed by atoms with Crippen LogP contribution in [0.5, 0.6) is 0 Å². The molecule has 0 aliphatic heterocycles. The Morgan fingerprint density at radius 3 is 2.21 bits per heavy atom. The summed E-state index contributed by atoms with van der Waals surface area (Å²) in [5, 5.41) is 0. The molecule has 0 rings (SSSR count). The first kappa shape index (κ1) is 18.2. The van der Waals surface area contributed by atoms with Gasteiger partial charge in [-0.3, -0.25) is 4.79 Å². The first-order valence-electron chi connectivity index (χ1n) is 8.11. The molecule has 112 valence electrons. The lowest BCUT2D eigenvalue weighted by atomic mass is 10.1. The second kappa shape index (κ2) is 15.3. The van der Waals surface area contributed by atoms with Crippen LogP contribution < -0.4 is 0 Å². The molecule has 0 aliphatic carbocycles. The third-order valence-electron chi connectivity index (χ3n) is 3.17. The number of hydrogen-bond donors (Lipinski definition) is 0. The molecular formula is C17H32O2. The zero-order valence-corrected chi connectivity index (χ0v) is 13.0. The van der Waals surface area contributed by atoms with E-state index in [1.54, 1.807) is 0 Å². The van der Waals surface area contributed by atoms with Crippen LogP contribution in [0.25, 0.3) is 0 Å². The van der Waals surface area contributed by atoms with Crippen LogP contribution in [-0.2, 0) is 9.53 Å². The van der Waals surface area contributed by atoms with Crippen LogP contribution in [0.4, 0.5) is 0 Å². The predicted octanol–water partition coefficient (Wildman–Crippen LogP) is 5.42. The largest absolute Gasteiger partial charge is 0.465 e. The van der Waals surface area contributed by atoms with Crippen molar-refractivity contribution in [1.29, 1.82) is 0 Å². The zero-order valence-electron chi connectivity index (χ0n) is 13.0. The van der Waals surface area contributed by atoms with Gasteiger partial charge in [0.15, 0.2) is 0 Å². The number of esters is 1. The van der Waals surface area contributed by atoms with Gasteiger partial charge < -0.3 is 4.74 Å². The Kier molecular flexibility index (Phi) is 14.6. The van der Waals surface area contributed by atoms with Crippen molar-refractivity contribution in [3.8, 4) is 0 Å². The summed E-state index contributed by atoms with van der Waals surface area (Å²) < 4.78 is 5.19. The summed E-state index contributed by atoms with van der Waals surface area (Å²) in [6.45, 7) is 4.95. The Morgan fingerprint density at radius 1 is 0.842 bits per heavy atom. The lowest BCUT2D eigenvalue weighted by molar-refractivity contribution is -0.143. The van der Waals surface area contributed by atoms with Crippen LogP contribution in [0, 0.1) is 0 Å². The first-order valence-corrected chi connectivity index (χ1v) is 8.11. The van der Waals surface area contributed by atoms with Gasteiger partial charge in [-0.05, 0) is 25.7 Å². The molecule has 19 heavy (non-hydrogen) atoms. The van der Waals surface area contributed by atoms with E-state index in [0.29, 0.717) is 13.0 Å². The van der Waals surface area contributed by atoms with Crippen LogP contribution >= 0.6 is 0 Å². The molecule has 0 aliphatic rings. The third kappa shape index (κ3) is 15.2. The molecule has 0 saturated carbocycles. The fraction of sp³-hybridized carbons (Fsp3) is 0.824. The van der Waals surface area contributed by atoms with Crippen LogP contribution in [0.3, 0.4) is 0 Å². The number of allylic oxidation sites excluding steroid dienone is 1. The van der Waals surface area contributed by atoms with Gasteiger partial charge in [-0.15, -0.1) is 0 Å². The lowest BCUT2D eigenvalue weighted by Crippen LogP contribution is -2.04. The Labute approximate surface area is 119 Å². The highest BCUT2D eigenvalue weighted by Crippen LogP contribution is 2.06. The van der Waals surface area contributed by atoms with Crippen molar-refractivity contribution in [3.05, 3.63) is 12.2 Å². The number of carbonyl (C=O) groups is 1. The fourth-order valence-electron chi connectivity index (χ4n) is 1.93. The van der Waals surface area contributed by atoms with Gasteiger partial charge in [-0.1, -0.05) is 64.5 Å². The highest BCUT2D eigenvalue weighted by molar-refractivity contribution is 5.69. The summed E-state index contributed by atoms with van der Waals surface area (Å²) in [5.74, 6) is -0.0316. The van der Waals surface area contributed by atoms with E-state index in [0.717, 1.165) is 25.7 Å². The van der Waals surface area contributed by atoms with E-state index in [2.05, 4.69) is 26.0 Å².